The molecule has 2 heterocycles. The molecule has 21 heavy (non-hydrogen) atoms. The van der Waals surface area contributed by atoms with E-state index in [1.54, 1.807) is 0 Å². The van der Waals surface area contributed by atoms with Gasteiger partial charge in [-0.15, -0.1) is 0 Å². The third kappa shape index (κ3) is 2.45. The minimum absolute atomic E-state index is 0.000645. The number of nitrogens with zero attached hydrogens (tertiary/aromatic N) is 2. The number of likely N-dealkylation sites (tertiary alicyclic amines) is 1. The van der Waals surface area contributed by atoms with Gasteiger partial charge in [0, 0.05) is 38.3 Å². The summed E-state index contributed by atoms with van der Waals surface area (Å²) in [5, 5.41) is 3.13. The molecule has 1 aliphatic carbocycles. The van der Waals surface area contributed by atoms with Crippen LogP contribution >= 0.6 is 0 Å². The Labute approximate surface area is 125 Å². The van der Waals surface area contributed by atoms with E-state index in [0.29, 0.717) is 12.1 Å². The van der Waals surface area contributed by atoms with Crippen LogP contribution < -0.4 is 5.32 Å². The lowest BCUT2D eigenvalue weighted by atomic mass is 9.78. The van der Waals surface area contributed by atoms with Gasteiger partial charge < -0.3 is 14.8 Å². The highest BCUT2D eigenvalue weighted by molar-refractivity contribution is 5.92. The van der Waals surface area contributed by atoms with Crippen molar-refractivity contribution in [3.63, 3.8) is 0 Å². The number of hydrogen-bond donors (Lipinski definition) is 1. The molecule has 0 unspecified atom stereocenters. The third-order valence-electron chi connectivity index (χ3n) is 5.32. The van der Waals surface area contributed by atoms with Crippen molar-refractivity contribution in [2.24, 2.45) is 7.05 Å². The van der Waals surface area contributed by atoms with Crippen LogP contribution in [0, 0.1) is 0 Å². The molecule has 0 bridgehead atoms. The summed E-state index contributed by atoms with van der Waals surface area (Å²) in [4.78, 5) is 25.9. The number of carbonyl (C=O) groups excluding carboxylic acids is 2. The number of aryl methyl sites for hydroxylation is 1. The monoisotopic (exact) mass is 289 g/mol. The molecule has 0 radical (unpaired) electrons. The lowest BCUT2D eigenvalue weighted by molar-refractivity contribution is -0.130. The number of amides is 2. The summed E-state index contributed by atoms with van der Waals surface area (Å²) in [6, 6.07) is 3.94. The number of rotatable bonds is 2. The Morgan fingerprint density at radius 3 is 2.52 bits per heavy atom. The van der Waals surface area contributed by atoms with Crippen molar-refractivity contribution < 1.29 is 9.59 Å². The average Bonchev–Trinajstić information content (AvgIpc) is 3.01. The van der Waals surface area contributed by atoms with Crippen LogP contribution in [0.15, 0.2) is 18.3 Å². The van der Waals surface area contributed by atoms with E-state index in [4.69, 9.17) is 0 Å². The Morgan fingerprint density at radius 2 is 2.00 bits per heavy atom. The fraction of sp³-hybridized carbons (Fsp3) is 0.625. The summed E-state index contributed by atoms with van der Waals surface area (Å²) in [5.74, 6) is 0.264. The quantitative estimate of drug-likeness (QED) is 0.901. The van der Waals surface area contributed by atoms with Crippen LogP contribution in [0.1, 0.15) is 49.0 Å². The SMILES string of the molecule is CN1C(=O)CCC12CCC(NC(=O)c1cccn1C)CC2. The molecule has 1 aromatic heterocycles. The molecule has 1 aliphatic heterocycles. The zero-order valence-electron chi connectivity index (χ0n) is 12.8. The smallest absolute Gasteiger partial charge is 0.268 e. The molecule has 1 saturated heterocycles. The first kappa shape index (κ1) is 14.2. The van der Waals surface area contributed by atoms with E-state index in [9.17, 15) is 9.59 Å². The second kappa shape index (κ2) is 5.20. The maximum Gasteiger partial charge on any atom is 0.268 e. The zero-order chi connectivity index (χ0) is 15.0. The molecular weight excluding hydrogens is 266 g/mol. The van der Waals surface area contributed by atoms with Gasteiger partial charge in [-0.2, -0.15) is 0 Å². The first-order valence-corrected chi connectivity index (χ1v) is 7.71. The van der Waals surface area contributed by atoms with E-state index in [0.717, 1.165) is 32.1 Å². The minimum Gasteiger partial charge on any atom is -0.348 e. The van der Waals surface area contributed by atoms with Crippen molar-refractivity contribution in [2.45, 2.75) is 50.1 Å². The van der Waals surface area contributed by atoms with Crippen molar-refractivity contribution in [3.8, 4) is 0 Å². The first-order chi connectivity index (χ1) is 10.0. The Morgan fingerprint density at radius 1 is 1.29 bits per heavy atom. The molecule has 5 nitrogen and oxygen atoms in total. The molecule has 3 rings (SSSR count). The van der Waals surface area contributed by atoms with Crippen molar-refractivity contribution in [1.29, 1.82) is 0 Å². The van der Waals surface area contributed by atoms with E-state index in [1.807, 2.05) is 41.9 Å². The largest absolute Gasteiger partial charge is 0.348 e. The van der Waals surface area contributed by atoms with Crippen molar-refractivity contribution in [3.05, 3.63) is 24.0 Å². The maximum atomic E-state index is 12.2. The van der Waals surface area contributed by atoms with Crippen LogP contribution in [0.2, 0.25) is 0 Å². The van der Waals surface area contributed by atoms with Crippen molar-refractivity contribution in [2.75, 3.05) is 7.05 Å². The van der Waals surface area contributed by atoms with Gasteiger partial charge in [0.05, 0.1) is 0 Å². The van der Waals surface area contributed by atoms with Gasteiger partial charge in [-0.3, -0.25) is 9.59 Å². The van der Waals surface area contributed by atoms with E-state index >= 15 is 0 Å². The Kier molecular flexibility index (Phi) is 3.51. The van der Waals surface area contributed by atoms with Gasteiger partial charge >= 0.3 is 0 Å². The number of hydrogen-bond acceptors (Lipinski definition) is 2. The fourth-order valence-electron chi connectivity index (χ4n) is 3.78. The molecule has 5 heteroatoms. The fourth-order valence-corrected chi connectivity index (χ4v) is 3.78. The van der Waals surface area contributed by atoms with Crippen LogP contribution in [0.5, 0.6) is 0 Å². The zero-order valence-corrected chi connectivity index (χ0v) is 12.8. The third-order valence-corrected chi connectivity index (χ3v) is 5.32. The van der Waals surface area contributed by atoms with Crippen molar-refractivity contribution >= 4 is 11.8 Å². The molecule has 114 valence electrons. The van der Waals surface area contributed by atoms with Crippen LogP contribution in [0.4, 0.5) is 0 Å². The molecule has 1 spiro atoms. The van der Waals surface area contributed by atoms with Gasteiger partial charge in [0.15, 0.2) is 0 Å². The number of nitrogens with one attached hydrogen (secondary N) is 1. The minimum atomic E-state index is -0.000645. The number of aromatic nitrogens is 1. The average molecular weight is 289 g/mol. The Bertz CT molecular complexity index is 556. The Balaban J connectivity index is 1.58. The van der Waals surface area contributed by atoms with Gasteiger partial charge in [-0.25, -0.2) is 0 Å². The highest BCUT2D eigenvalue weighted by atomic mass is 16.2. The topological polar surface area (TPSA) is 54.3 Å². The maximum absolute atomic E-state index is 12.2. The predicted molar refractivity (Wildman–Crippen MR) is 79.9 cm³/mol. The van der Waals surface area contributed by atoms with E-state index in [1.165, 1.54) is 0 Å². The summed E-state index contributed by atoms with van der Waals surface area (Å²) < 4.78 is 1.84. The van der Waals surface area contributed by atoms with Gasteiger partial charge in [0.25, 0.3) is 5.91 Å². The lowest BCUT2D eigenvalue weighted by Crippen LogP contribution is -2.49. The number of carbonyl (C=O) groups is 2. The van der Waals surface area contributed by atoms with Gasteiger partial charge in [0.2, 0.25) is 5.91 Å². The van der Waals surface area contributed by atoms with Gasteiger partial charge in [0.1, 0.15) is 5.69 Å². The van der Waals surface area contributed by atoms with Crippen LogP contribution in [-0.4, -0.2) is 39.9 Å². The van der Waals surface area contributed by atoms with E-state index < -0.39 is 0 Å². The van der Waals surface area contributed by atoms with Crippen molar-refractivity contribution in [1.82, 2.24) is 14.8 Å². The van der Waals surface area contributed by atoms with Gasteiger partial charge in [-0.1, -0.05) is 0 Å². The predicted octanol–water partition coefficient (Wildman–Crippen LogP) is 1.69. The molecular formula is C16H23N3O2. The first-order valence-electron chi connectivity index (χ1n) is 7.71. The molecule has 0 atom stereocenters. The molecule has 1 aromatic rings. The highest BCUT2D eigenvalue weighted by Crippen LogP contribution is 2.41. The Hall–Kier alpha value is -1.78. The molecule has 1 N–H and O–H groups in total. The van der Waals surface area contributed by atoms with E-state index in [-0.39, 0.29) is 23.4 Å². The van der Waals surface area contributed by atoms with E-state index in [2.05, 4.69) is 5.32 Å². The second-order valence-electron chi connectivity index (χ2n) is 6.43. The van der Waals surface area contributed by atoms with Crippen LogP contribution in [-0.2, 0) is 11.8 Å². The molecule has 2 aliphatic rings. The molecule has 2 fully saturated rings. The summed E-state index contributed by atoms with van der Waals surface area (Å²) >= 11 is 0. The summed E-state index contributed by atoms with van der Waals surface area (Å²) in [5.41, 5.74) is 0.756. The van der Waals surface area contributed by atoms with Crippen LogP contribution in [0.3, 0.4) is 0 Å². The summed E-state index contributed by atoms with van der Waals surface area (Å²) in [6.45, 7) is 0. The molecule has 2 amide bonds. The standard InChI is InChI=1S/C16H23N3O2/c1-18-11-3-4-13(18)15(21)17-12-5-8-16(9-6-12)10-7-14(20)19(16)2/h3-4,11-12H,5-10H2,1-2H3,(H,17,21). The molecule has 0 aromatic carbocycles. The normalized spacial score (nSPS) is 29.1. The second-order valence-corrected chi connectivity index (χ2v) is 6.43. The molecule has 1 saturated carbocycles. The van der Waals surface area contributed by atoms with Gasteiger partial charge in [-0.05, 0) is 44.2 Å². The summed E-state index contributed by atoms with van der Waals surface area (Å²) in [6.07, 6.45) is 7.42. The highest BCUT2D eigenvalue weighted by Gasteiger charge is 2.45. The van der Waals surface area contributed by atoms with Crippen LogP contribution in [0.25, 0.3) is 0 Å². The lowest BCUT2D eigenvalue weighted by Gasteiger charge is -2.42. The summed E-state index contributed by atoms with van der Waals surface area (Å²) in [7, 11) is 3.81.